The Balaban J connectivity index is 2.84. The molecule has 1 aromatic rings. The van der Waals surface area contributed by atoms with Crippen LogP contribution in [0.2, 0.25) is 0 Å². The molecule has 1 N–H and O–H groups in total. The minimum Gasteiger partial charge on any atom is -0.300 e. The Bertz CT molecular complexity index is 300. The van der Waals surface area contributed by atoms with Crippen molar-refractivity contribution in [3.8, 4) is 0 Å². The predicted molar refractivity (Wildman–Crippen MR) is 53.8 cm³/mol. The van der Waals surface area contributed by atoms with Crippen molar-refractivity contribution in [1.29, 1.82) is 0 Å². The predicted octanol–water partition coefficient (Wildman–Crippen LogP) is 1.39. The van der Waals surface area contributed by atoms with Gasteiger partial charge in [0.15, 0.2) is 0 Å². The van der Waals surface area contributed by atoms with E-state index in [4.69, 9.17) is 0 Å². The van der Waals surface area contributed by atoms with Crippen LogP contribution < -0.4 is 0 Å². The number of hydrogen-bond donors (Lipinski definition) is 1. The molecule has 72 valence electrons. The lowest BCUT2D eigenvalue weighted by Gasteiger charge is -2.10. The molecule has 1 aromatic heterocycles. The van der Waals surface area contributed by atoms with E-state index in [2.05, 4.69) is 22.2 Å². The van der Waals surface area contributed by atoms with E-state index < -0.39 is 0 Å². The Hall–Kier alpha value is -1.32. The van der Waals surface area contributed by atoms with Gasteiger partial charge in [-0.25, -0.2) is 0 Å². The molecule has 0 aliphatic heterocycles. The van der Waals surface area contributed by atoms with Gasteiger partial charge in [-0.2, -0.15) is 10.2 Å². The molecule has 0 aliphatic rings. The number of hydrazone groups is 1. The molecule has 1 heterocycles. The van der Waals surface area contributed by atoms with Crippen LogP contribution in [0.4, 0.5) is 0 Å². The standard InChI is InChI=1S/C9H16N4/c1-5-13(4)12-8(3)9-6-10-11-7(9)2/h6H,5H2,1-4H3,(H,10,11)/b12-8+. The second-order valence-electron chi connectivity index (χ2n) is 3.07. The van der Waals surface area contributed by atoms with E-state index in [0.29, 0.717) is 0 Å². The molecule has 0 atom stereocenters. The SMILES string of the molecule is CCN(C)/N=C(\C)c1cn[nH]c1C. The van der Waals surface area contributed by atoms with E-state index in [1.165, 1.54) is 0 Å². The van der Waals surface area contributed by atoms with Crippen molar-refractivity contribution < 1.29 is 0 Å². The molecule has 0 amide bonds. The first kappa shape index (κ1) is 9.77. The molecule has 0 spiro atoms. The van der Waals surface area contributed by atoms with Gasteiger partial charge in [0.1, 0.15) is 0 Å². The van der Waals surface area contributed by atoms with E-state index >= 15 is 0 Å². The largest absolute Gasteiger partial charge is 0.300 e. The number of rotatable bonds is 3. The third-order valence-electron chi connectivity index (χ3n) is 2.00. The molecule has 0 saturated carbocycles. The number of aromatic nitrogens is 2. The lowest BCUT2D eigenvalue weighted by molar-refractivity contribution is 0.375. The van der Waals surface area contributed by atoms with Crippen LogP contribution in [0, 0.1) is 6.92 Å². The van der Waals surface area contributed by atoms with E-state index in [0.717, 1.165) is 23.5 Å². The van der Waals surface area contributed by atoms with Crippen LogP contribution in [-0.2, 0) is 0 Å². The van der Waals surface area contributed by atoms with E-state index in [9.17, 15) is 0 Å². The van der Waals surface area contributed by atoms with Crippen molar-refractivity contribution in [3.05, 3.63) is 17.5 Å². The number of hydrogen-bond acceptors (Lipinski definition) is 3. The van der Waals surface area contributed by atoms with Crippen molar-refractivity contribution >= 4 is 5.71 Å². The molecule has 4 nitrogen and oxygen atoms in total. The average molecular weight is 180 g/mol. The molecule has 4 heteroatoms. The summed E-state index contributed by atoms with van der Waals surface area (Å²) in [6.45, 7) is 6.96. The maximum Gasteiger partial charge on any atom is 0.0680 e. The molecular weight excluding hydrogens is 164 g/mol. The summed E-state index contributed by atoms with van der Waals surface area (Å²) in [4.78, 5) is 0. The molecule has 13 heavy (non-hydrogen) atoms. The van der Waals surface area contributed by atoms with Crippen LogP contribution in [0.5, 0.6) is 0 Å². The van der Waals surface area contributed by atoms with Crippen LogP contribution in [0.3, 0.4) is 0 Å². The number of H-pyrrole nitrogens is 1. The Kier molecular flexibility index (Phi) is 3.06. The normalized spacial score (nSPS) is 11.8. The van der Waals surface area contributed by atoms with Gasteiger partial charge in [0.2, 0.25) is 0 Å². The van der Waals surface area contributed by atoms with Crippen molar-refractivity contribution in [2.45, 2.75) is 20.8 Å². The monoisotopic (exact) mass is 180 g/mol. The highest BCUT2D eigenvalue weighted by atomic mass is 15.4. The lowest BCUT2D eigenvalue weighted by Crippen LogP contribution is -2.12. The molecule has 0 radical (unpaired) electrons. The highest BCUT2D eigenvalue weighted by Gasteiger charge is 2.03. The maximum absolute atomic E-state index is 4.39. The Labute approximate surface area is 78.6 Å². The van der Waals surface area contributed by atoms with Crippen molar-refractivity contribution in [2.24, 2.45) is 5.10 Å². The van der Waals surface area contributed by atoms with Gasteiger partial charge in [-0.1, -0.05) is 0 Å². The van der Waals surface area contributed by atoms with E-state index in [1.807, 2.05) is 25.9 Å². The smallest absolute Gasteiger partial charge is 0.0680 e. The summed E-state index contributed by atoms with van der Waals surface area (Å²) >= 11 is 0. The molecule has 0 aromatic carbocycles. The van der Waals surface area contributed by atoms with E-state index in [-0.39, 0.29) is 0 Å². The second kappa shape index (κ2) is 4.07. The van der Waals surface area contributed by atoms with Gasteiger partial charge in [-0.3, -0.25) is 5.10 Å². The van der Waals surface area contributed by atoms with Gasteiger partial charge in [0.25, 0.3) is 0 Å². The Morgan fingerprint density at radius 3 is 2.85 bits per heavy atom. The highest BCUT2D eigenvalue weighted by Crippen LogP contribution is 2.04. The average Bonchev–Trinajstić information content (AvgIpc) is 2.51. The summed E-state index contributed by atoms with van der Waals surface area (Å²) in [6.07, 6.45) is 1.80. The molecule has 1 rings (SSSR count). The van der Waals surface area contributed by atoms with Gasteiger partial charge >= 0.3 is 0 Å². The number of nitrogens with zero attached hydrogens (tertiary/aromatic N) is 3. The summed E-state index contributed by atoms with van der Waals surface area (Å²) in [5, 5.41) is 13.1. The summed E-state index contributed by atoms with van der Waals surface area (Å²) in [7, 11) is 1.96. The topological polar surface area (TPSA) is 44.3 Å². The minimum atomic E-state index is 0.911. The number of nitrogens with one attached hydrogen (secondary N) is 1. The van der Waals surface area contributed by atoms with Crippen molar-refractivity contribution in [3.63, 3.8) is 0 Å². The quantitative estimate of drug-likeness (QED) is 0.564. The molecule has 0 saturated heterocycles. The van der Waals surface area contributed by atoms with Crippen LogP contribution in [0.1, 0.15) is 25.1 Å². The summed E-state index contributed by atoms with van der Waals surface area (Å²) in [5.41, 5.74) is 3.14. The van der Waals surface area contributed by atoms with Crippen molar-refractivity contribution in [1.82, 2.24) is 15.2 Å². The minimum absolute atomic E-state index is 0.911. The number of aryl methyl sites for hydroxylation is 1. The van der Waals surface area contributed by atoms with Crippen LogP contribution in [-0.4, -0.2) is 34.5 Å². The molecule has 0 aliphatic carbocycles. The molecule has 0 unspecified atom stereocenters. The fourth-order valence-corrected chi connectivity index (χ4v) is 1.10. The zero-order valence-corrected chi connectivity index (χ0v) is 8.63. The fourth-order valence-electron chi connectivity index (χ4n) is 1.10. The first-order chi connectivity index (χ1) is 6.15. The first-order valence-electron chi connectivity index (χ1n) is 4.41. The molecular formula is C9H16N4. The Morgan fingerprint density at radius 2 is 2.38 bits per heavy atom. The van der Waals surface area contributed by atoms with Gasteiger partial charge in [0.05, 0.1) is 11.9 Å². The van der Waals surface area contributed by atoms with E-state index in [1.54, 1.807) is 6.20 Å². The van der Waals surface area contributed by atoms with Gasteiger partial charge in [-0.15, -0.1) is 0 Å². The Morgan fingerprint density at radius 1 is 1.69 bits per heavy atom. The lowest BCUT2D eigenvalue weighted by atomic mass is 10.2. The summed E-state index contributed by atoms with van der Waals surface area (Å²) < 4.78 is 0. The van der Waals surface area contributed by atoms with Crippen LogP contribution >= 0.6 is 0 Å². The van der Waals surface area contributed by atoms with Gasteiger partial charge in [0, 0.05) is 24.8 Å². The second-order valence-corrected chi connectivity index (χ2v) is 3.07. The maximum atomic E-state index is 4.39. The molecule has 0 bridgehead atoms. The fraction of sp³-hybridized carbons (Fsp3) is 0.556. The third-order valence-corrected chi connectivity index (χ3v) is 2.00. The summed E-state index contributed by atoms with van der Waals surface area (Å²) in [5.74, 6) is 0. The van der Waals surface area contributed by atoms with Crippen molar-refractivity contribution in [2.75, 3.05) is 13.6 Å². The van der Waals surface area contributed by atoms with Gasteiger partial charge in [-0.05, 0) is 20.8 Å². The highest BCUT2D eigenvalue weighted by molar-refractivity contribution is 5.99. The van der Waals surface area contributed by atoms with Crippen LogP contribution in [0.25, 0.3) is 0 Å². The summed E-state index contributed by atoms with van der Waals surface area (Å²) in [6, 6.07) is 0. The number of aromatic amines is 1. The first-order valence-corrected chi connectivity index (χ1v) is 4.41. The van der Waals surface area contributed by atoms with Crippen LogP contribution in [0.15, 0.2) is 11.3 Å². The molecule has 0 fully saturated rings. The zero-order chi connectivity index (χ0) is 9.84. The zero-order valence-electron chi connectivity index (χ0n) is 8.63. The third kappa shape index (κ3) is 2.31. The van der Waals surface area contributed by atoms with Gasteiger partial charge < -0.3 is 5.01 Å².